The molecule has 0 radical (unpaired) electrons. The van der Waals surface area contributed by atoms with Crippen LogP contribution in [-0.2, 0) is 6.54 Å². The predicted molar refractivity (Wildman–Crippen MR) is 73.5 cm³/mol. The van der Waals surface area contributed by atoms with Crippen molar-refractivity contribution < 1.29 is 4.79 Å². The second kappa shape index (κ2) is 5.40. The van der Waals surface area contributed by atoms with E-state index in [0.29, 0.717) is 13.1 Å². The number of anilines is 1. The fraction of sp³-hybridized carbons (Fsp3) is 0.500. The van der Waals surface area contributed by atoms with Gasteiger partial charge in [0.05, 0.1) is 5.69 Å². The highest BCUT2D eigenvalue weighted by Gasteiger charge is 2.28. The van der Waals surface area contributed by atoms with Crippen LogP contribution in [0.4, 0.5) is 10.5 Å². The average Bonchev–Trinajstić information content (AvgIpc) is 2.35. The first-order valence-corrected chi connectivity index (χ1v) is 6.49. The van der Waals surface area contributed by atoms with Gasteiger partial charge in [-0.15, -0.1) is 0 Å². The molecule has 1 unspecified atom stereocenters. The first kappa shape index (κ1) is 12.9. The molecule has 1 heterocycles. The molecule has 1 aromatic carbocycles. The van der Waals surface area contributed by atoms with Crippen LogP contribution in [0.25, 0.3) is 0 Å². The molecule has 4 heteroatoms. The van der Waals surface area contributed by atoms with Crippen LogP contribution in [0.5, 0.6) is 0 Å². The number of amides is 2. The number of rotatable bonds is 4. The van der Waals surface area contributed by atoms with E-state index in [1.54, 1.807) is 9.80 Å². The molecule has 98 valence electrons. The molecular formula is C14H21N3O. The van der Waals surface area contributed by atoms with E-state index in [4.69, 9.17) is 5.73 Å². The maximum atomic E-state index is 12.2. The first-order valence-electron chi connectivity index (χ1n) is 6.49. The van der Waals surface area contributed by atoms with Crippen LogP contribution in [0.15, 0.2) is 24.3 Å². The minimum absolute atomic E-state index is 0.0403. The highest BCUT2D eigenvalue weighted by molar-refractivity contribution is 5.94. The fourth-order valence-electron chi connectivity index (χ4n) is 2.41. The van der Waals surface area contributed by atoms with Crippen LogP contribution in [0.3, 0.4) is 0 Å². The molecule has 4 nitrogen and oxygen atoms in total. The second-order valence-corrected chi connectivity index (χ2v) is 4.93. The molecular weight excluding hydrogens is 226 g/mol. The minimum Gasteiger partial charge on any atom is -0.326 e. The van der Waals surface area contributed by atoms with Gasteiger partial charge in [0, 0.05) is 26.2 Å². The van der Waals surface area contributed by atoms with Gasteiger partial charge in [-0.3, -0.25) is 4.90 Å². The number of fused-ring (bicyclic) bond motifs is 1. The molecule has 0 aromatic heterocycles. The van der Waals surface area contributed by atoms with Crippen LogP contribution in [0, 0.1) is 0 Å². The number of urea groups is 1. The van der Waals surface area contributed by atoms with Crippen molar-refractivity contribution in [3.8, 4) is 0 Å². The lowest BCUT2D eigenvalue weighted by atomic mass is 10.1. The lowest BCUT2D eigenvalue weighted by Gasteiger charge is -2.36. The first-order chi connectivity index (χ1) is 8.63. The van der Waals surface area contributed by atoms with Gasteiger partial charge in [-0.25, -0.2) is 4.79 Å². The summed E-state index contributed by atoms with van der Waals surface area (Å²) in [4.78, 5) is 15.8. The van der Waals surface area contributed by atoms with Crippen LogP contribution < -0.4 is 10.6 Å². The molecule has 0 aliphatic carbocycles. The van der Waals surface area contributed by atoms with Crippen molar-refractivity contribution in [3.05, 3.63) is 29.8 Å². The number of hydrogen-bond donors (Lipinski definition) is 1. The Hall–Kier alpha value is -1.55. The number of hydrogen-bond acceptors (Lipinski definition) is 2. The molecule has 0 spiro atoms. The Balaban J connectivity index is 2.24. The van der Waals surface area contributed by atoms with Gasteiger partial charge in [0.25, 0.3) is 0 Å². The molecule has 1 aliphatic rings. The smallest absolute Gasteiger partial charge is 0.324 e. The fourth-order valence-corrected chi connectivity index (χ4v) is 2.41. The van der Waals surface area contributed by atoms with E-state index >= 15 is 0 Å². The third kappa shape index (κ3) is 2.48. The Labute approximate surface area is 108 Å². The summed E-state index contributed by atoms with van der Waals surface area (Å²) in [6.45, 7) is 3.38. The third-order valence-electron chi connectivity index (χ3n) is 3.32. The van der Waals surface area contributed by atoms with E-state index in [-0.39, 0.29) is 12.1 Å². The van der Waals surface area contributed by atoms with E-state index in [0.717, 1.165) is 18.5 Å². The summed E-state index contributed by atoms with van der Waals surface area (Å²) in [5.74, 6) is 0. The summed E-state index contributed by atoms with van der Waals surface area (Å²) >= 11 is 0. The van der Waals surface area contributed by atoms with Crippen molar-refractivity contribution in [2.75, 3.05) is 18.5 Å². The van der Waals surface area contributed by atoms with Gasteiger partial charge in [0.2, 0.25) is 0 Å². The summed E-state index contributed by atoms with van der Waals surface area (Å²) in [5, 5.41) is 0. The largest absolute Gasteiger partial charge is 0.326 e. The van der Waals surface area contributed by atoms with Gasteiger partial charge < -0.3 is 10.6 Å². The highest BCUT2D eigenvalue weighted by Crippen LogP contribution is 2.27. The minimum atomic E-state index is 0.0403. The number of nitrogens with zero attached hydrogens (tertiary/aromatic N) is 2. The van der Waals surface area contributed by atoms with Crippen molar-refractivity contribution in [3.63, 3.8) is 0 Å². The zero-order chi connectivity index (χ0) is 13.1. The molecule has 18 heavy (non-hydrogen) atoms. The molecule has 1 atom stereocenters. The quantitative estimate of drug-likeness (QED) is 0.886. The Morgan fingerprint density at radius 3 is 2.83 bits per heavy atom. The number of carbonyl (C=O) groups is 1. The van der Waals surface area contributed by atoms with Crippen molar-refractivity contribution in [1.82, 2.24) is 4.90 Å². The number of benzene rings is 1. The lowest BCUT2D eigenvalue weighted by molar-refractivity contribution is 0.209. The third-order valence-corrected chi connectivity index (χ3v) is 3.32. The number of carbonyl (C=O) groups excluding carboxylic acids is 1. The van der Waals surface area contributed by atoms with E-state index in [9.17, 15) is 4.79 Å². The molecule has 0 bridgehead atoms. The van der Waals surface area contributed by atoms with Gasteiger partial charge in [-0.05, 0) is 18.1 Å². The summed E-state index contributed by atoms with van der Waals surface area (Å²) in [7, 11) is 1.83. The zero-order valence-electron chi connectivity index (χ0n) is 11.1. The van der Waals surface area contributed by atoms with Crippen molar-refractivity contribution in [1.29, 1.82) is 0 Å². The van der Waals surface area contributed by atoms with Gasteiger partial charge >= 0.3 is 6.03 Å². The Bertz CT molecular complexity index is 433. The summed E-state index contributed by atoms with van der Waals surface area (Å²) in [5.41, 5.74) is 8.26. The van der Waals surface area contributed by atoms with Crippen molar-refractivity contribution in [2.24, 2.45) is 5.73 Å². The van der Waals surface area contributed by atoms with Gasteiger partial charge in [0.15, 0.2) is 0 Å². The van der Waals surface area contributed by atoms with Gasteiger partial charge in [0.1, 0.15) is 0 Å². The van der Waals surface area contributed by atoms with Crippen LogP contribution >= 0.6 is 0 Å². The highest BCUT2D eigenvalue weighted by atomic mass is 16.2. The van der Waals surface area contributed by atoms with E-state index in [2.05, 4.69) is 13.0 Å². The molecule has 2 rings (SSSR count). The maximum absolute atomic E-state index is 12.2. The molecule has 1 aromatic rings. The van der Waals surface area contributed by atoms with Crippen molar-refractivity contribution >= 4 is 11.7 Å². The molecule has 0 saturated heterocycles. The van der Waals surface area contributed by atoms with E-state index in [1.807, 2.05) is 25.2 Å². The van der Waals surface area contributed by atoms with Crippen molar-refractivity contribution in [2.45, 2.75) is 32.4 Å². The molecule has 0 saturated carbocycles. The maximum Gasteiger partial charge on any atom is 0.324 e. The molecule has 2 amide bonds. The second-order valence-electron chi connectivity index (χ2n) is 4.93. The normalized spacial score (nSPS) is 16.7. The Morgan fingerprint density at radius 2 is 2.11 bits per heavy atom. The summed E-state index contributed by atoms with van der Waals surface area (Å²) in [6, 6.07) is 8.12. The Morgan fingerprint density at radius 1 is 1.39 bits per heavy atom. The van der Waals surface area contributed by atoms with Gasteiger partial charge in [-0.1, -0.05) is 31.5 Å². The van der Waals surface area contributed by atoms with Crippen LogP contribution in [0.2, 0.25) is 0 Å². The number of para-hydroxylation sites is 1. The lowest BCUT2D eigenvalue weighted by Crippen LogP contribution is -2.49. The number of nitrogens with two attached hydrogens (primary N) is 1. The Kier molecular flexibility index (Phi) is 3.87. The van der Waals surface area contributed by atoms with E-state index in [1.165, 1.54) is 5.56 Å². The molecule has 1 aliphatic heterocycles. The zero-order valence-corrected chi connectivity index (χ0v) is 11.1. The SMILES string of the molecule is CCCC(N)CN1C(=O)N(C)Cc2ccccc21. The monoisotopic (exact) mass is 247 g/mol. The van der Waals surface area contributed by atoms with Crippen LogP contribution in [-0.4, -0.2) is 30.6 Å². The van der Waals surface area contributed by atoms with Crippen LogP contribution in [0.1, 0.15) is 25.3 Å². The van der Waals surface area contributed by atoms with Gasteiger partial charge in [-0.2, -0.15) is 0 Å². The standard InChI is InChI=1S/C14H21N3O/c1-3-6-12(15)10-17-13-8-5-4-7-11(13)9-16(2)14(17)18/h4-5,7-8,12H,3,6,9-10,15H2,1-2H3. The summed E-state index contributed by atoms with van der Waals surface area (Å²) in [6.07, 6.45) is 1.98. The summed E-state index contributed by atoms with van der Waals surface area (Å²) < 4.78 is 0. The molecule has 2 N–H and O–H groups in total. The van der Waals surface area contributed by atoms with E-state index < -0.39 is 0 Å². The molecule has 0 fully saturated rings. The topological polar surface area (TPSA) is 49.6 Å². The average molecular weight is 247 g/mol. The predicted octanol–water partition coefficient (Wildman–Crippen LogP) is 2.19.